The van der Waals surface area contributed by atoms with Crippen molar-refractivity contribution in [2.24, 2.45) is 16.6 Å². The van der Waals surface area contributed by atoms with E-state index >= 15 is 0 Å². The van der Waals surface area contributed by atoms with Crippen molar-refractivity contribution in [2.75, 3.05) is 5.32 Å². The van der Waals surface area contributed by atoms with Crippen LogP contribution in [0.25, 0.3) is 0 Å². The minimum Gasteiger partial charge on any atom is -0.462 e. The third-order valence-corrected chi connectivity index (χ3v) is 5.40. The maximum Gasteiger partial charge on any atom is 0.283 e. The topological polar surface area (TPSA) is 72.5 Å². The zero-order chi connectivity index (χ0) is 20.1. The zero-order valence-corrected chi connectivity index (χ0v) is 15.6. The van der Waals surface area contributed by atoms with Crippen LogP contribution in [-0.2, 0) is 10.3 Å². The first kappa shape index (κ1) is 18.9. The van der Waals surface area contributed by atoms with Gasteiger partial charge in [-0.25, -0.2) is 18.2 Å². The number of pyridine rings is 1. The van der Waals surface area contributed by atoms with E-state index in [-0.39, 0.29) is 17.6 Å². The number of fused-ring (bicyclic) bond motifs is 1. The van der Waals surface area contributed by atoms with Crippen LogP contribution in [0, 0.1) is 11.7 Å². The Morgan fingerprint density at radius 2 is 2.11 bits per heavy atom. The monoisotopic (exact) mass is 410 g/mol. The zero-order valence-electron chi connectivity index (χ0n) is 14.9. The van der Waals surface area contributed by atoms with Gasteiger partial charge in [0.25, 0.3) is 12.4 Å². The molecule has 0 amide bonds. The summed E-state index contributed by atoms with van der Waals surface area (Å²) in [5, 5.41) is 3.66. The molecule has 2 aliphatic rings. The molecule has 1 aromatic carbocycles. The van der Waals surface area contributed by atoms with Gasteiger partial charge in [0.2, 0.25) is 0 Å². The fourth-order valence-corrected chi connectivity index (χ4v) is 3.80. The molecule has 0 spiro atoms. The van der Waals surface area contributed by atoms with Crippen molar-refractivity contribution in [3.05, 3.63) is 58.6 Å². The molecule has 4 rings (SSSR count). The Hall–Kier alpha value is -2.48. The van der Waals surface area contributed by atoms with Crippen molar-refractivity contribution in [1.29, 1.82) is 0 Å². The van der Waals surface area contributed by atoms with Gasteiger partial charge >= 0.3 is 0 Å². The Bertz CT molecular complexity index is 924. The minimum absolute atomic E-state index is 0.192. The molecule has 1 saturated carbocycles. The highest BCUT2D eigenvalue weighted by atomic mass is 35.5. The number of halogens is 4. The first-order chi connectivity index (χ1) is 13.3. The van der Waals surface area contributed by atoms with Gasteiger partial charge in [-0.05, 0) is 43.7 Å². The number of hydrogen-bond donors (Lipinski definition) is 2. The summed E-state index contributed by atoms with van der Waals surface area (Å²) in [7, 11) is 0. The standard InChI is InChI=1S/C19H18ClF3N4O/c1-9(15-5-2-10(20)8-25-15)26-11-3-4-14(21)12(6-11)19(17(22)23)13-7-16(13)28-18(24)27-19/h2-6,8-9,13,16-17,26H,7H2,1H3,(H2,24,27)/t9-,13-,16+,19+/m0/s1. The van der Waals surface area contributed by atoms with Crippen LogP contribution in [0.4, 0.5) is 18.9 Å². The van der Waals surface area contributed by atoms with Gasteiger partial charge in [-0.15, -0.1) is 0 Å². The normalized spacial score (nSPS) is 26.9. The fourth-order valence-electron chi connectivity index (χ4n) is 3.69. The second-order valence-corrected chi connectivity index (χ2v) is 7.47. The Balaban J connectivity index is 1.69. The number of rotatable bonds is 5. The number of aliphatic imine (C=N–C) groups is 1. The molecule has 148 valence electrons. The van der Waals surface area contributed by atoms with E-state index in [1.165, 1.54) is 18.3 Å². The van der Waals surface area contributed by atoms with Crippen molar-refractivity contribution in [1.82, 2.24) is 4.98 Å². The first-order valence-electron chi connectivity index (χ1n) is 8.79. The second kappa shape index (κ2) is 6.84. The lowest BCUT2D eigenvalue weighted by molar-refractivity contribution is 0.0177. The van der Waals surface area contributed by atoms with Crippen LogP contribution >= 0.6 is 11.6 Å². The summed E-state index contributed by atoms with van der Waals surface area (Å²) in [6.07, 6.45) is -1.51. The largest absolute Gasteiger partial charge is 0.462 e. The van der Waals surface area contributed by atoms with Crippen LogP contribution in [0.15, 0.2) is 41.5 Å². The number of ether oxygens (including phenoxy) is 1. The van der Waals surface area contributed by atoms with E-state index in [9.17, 15) is 13.2 Å². The first-order valence-corrected chi connectivity index (χ1v) is 9.17. The molecule has 0 saturated heterocycles. The minimum atomic E-state index is -2.93. The lowest BCUT2D eigenvalue weighted by Crippen LogP contribution is -2.43. The van der Waals surface area contributed by atoms with Gasteiger partial charge in [-0.3, -0.25) is 4.98 Å². The summed E-state index contributed by atoms with van der Waals surface area (Å²) in [6.45, 7) is 1.85. The van der Waals surface area contributed by atoms with Gasteiger partial charge in [0, 0.05) is 23.4 Å². The van der Waals surface area contributed by atoms with E-state index in [4.69, 9.17) is 22.1 Å². The Labute approximate surface area is 164 Å². The lowest BCUT2D eigenvalue weighted by atomic mass is 9.84. The molecule has 5 nitrogen and oxygen atoms in total. The van der Waals surface area contributed by atoms with Crippen LogP contribution in [0.5, 0.6) is 0 Å². The van der Waals surface area contributed by atoms with Crippen LogP contribution in [-0.4, -0.2) is 23.5 Å². The average molecular weight is 411 g/mol. The number of aromatic nitrogens is 1. The third-order valence-electron chi connectivity index (χ3n) is 5.17. The number of hydrogen-bond acceptors (Lipinski definition) is 5. The molecule has 1 aliphatic carbocycles. The quantitative estimate of drug-likeness (QED) is 0.773. The smallest absolute Gasteiger partial charge is 0.283 e. The third kappa shape index (κ3) is 3.15. The van der Waals surface area contributed by atoms with Crippen LogP contribution < -0.4 is 11.1 Å². The molecule has 3 N–H and O–H groups in total. The summed E-state index contributed by atoms with van der Waals surface area (Å²) in [5.74, 6) is -1.37. The number of nitrogens with zero attached hydrogens (tertiary/aromatic N) is 2. The molecule has 4 atom stereocenters. The van der Waals surface area contributed by atoms with Crippen LogP contribution in [0.2, 0.25) is 5.02 Å². The van der Waals surface area contributed by atoms with E-state index in [2.05, 4.69) is 15.3 Å². The van der Waals surface area contributed by atoms with Crippen molar-refractivity contribution in [2.45, 2.75) is 37.5 Å². The van der Waals surface area contributed by atoms with Crippen molar-refractivity contribution >= 4 is 23.3 Å². The highest BCUT2D eigenvalue weighted by Crippen LogP contribution is 2.56. The van der Waals surface area contributed by atoms with Gasteiger partial charge in [0.05, 0.1) is 16.8 Å². The van der Waals surface area contributed by atoms with E-state index in [0.717, 1.165) is 6.07 Å². The average Bonchev–Trinajstić information content (AvgIpc) is 3.42. The number of anilines is 1. The highest BCUT2D eigenvalue weighted by Gasteiger charge is 2.64. The molecular formula is C19H18ClF3N4O. The van der Waals surface area contributed by atoms with Gasteiger partial charge in [0.1, 0.15) is 11.9 Å². The summed E-state index contributed by atoms with van der Waals surface area (Å²) in [5.41, 5.74) is 4.53. The molecular weight excluding hydrogens is 393 g/mol. The predicted molar refractivity (Wildman–Crippen MR) is 100.0 cm³/mol. The molecule has 0 bridgehead atoms. The fraction of sp³-hybridized carbons (Fsp3) is 0.368. The molecule has 2 aromatic rings. The molecule has 1 aliphatic heterocycles. The number of nitrogens with two attached hydrogens (primary N) is 1. The van der Waals surface area contributed by atoms with Gasteiger partial charge in [-0.2, -0.15) is 0 Å². The molecule has 1 aromatic heterocycles. The molecule has 28 heavy (non-hydrogen) atoms. The predicted octanol–water partition coefficient (Wildman–Crippen LogP) is 4.24. The molecule has 1 fully saturated rings. The maximum atomic E-state index is 14.6. The Morgan fingerprint density at radius 1 is 1.32 bits per heavy atom. The lowest BCUT2D eigenvalue weighted by Gasteiger charge is -2.33. The van der Waals surface area contributed by atoms with E-state index in [1.54, 1.807) is 12.1 Å². The van der Waals surface area contributed by atoms with Gasteiger partial charge in [-0.1, -0.05) is 11.6 Å². The van der Waals surface area contributed by atoms with Crippen molar-refractivity contribution in [3.63, 3.8) is 0 Å². The molecule has 0 unspecified atom stereocenters. The summed E-state index contributed by atoms with van der Waals surface area (Å²) in [4.78, 5) is 8.11. The summed E-state index contributed by atoms with van der Waals surface area (Å²) >= 11 is 5.85. The number of alkyl halides is 2. The summed E-state index contributed by atoms with van der Waals surface area (Å²) < 4.78 is 48.2. The van der Waals surface area contributed by atoms with Crippen molar-refractivity contribution < 1.29 is 17.9 Å². The Kier molecular flexibility index (Phi) is 4.61. The molecule has 2 heterocycles. The summed E-state index contributed by atoms with van der Waals surface area (Å²) in [6, 6.07) is 6.88. The number of amidine groups is 1. The van der Waals surface area contributed by atoms with E-state index in [1.807, 2.05) is 6.92 Å². The highest BCUT2D eigenvalue weighted by molar-refractivity contribution is 6.30. The number of benzene rings is 1. The van der Waals surface area contributed by atoms with Crippen LogP contribution in [0.3, 0.4) is 0 Å². The van der Waals surface area contributed by atoms with Crippen LogP contribution in [0.1, 0.15) is 30.6 Å². The number of nitrogens with one attached hydrogen (secondary N) is 1. The molecule has 9 heteroatoms. The SMILES string of the molecule is C[C@H](Nc1ccc(F)c([C@@]2(C(F)F)N=C(N)O[C@@H]3C[C@@H]32)c1)c1ccc(Cl)cn1. The van der Waals surface area contributed by atoms with Gasteiger partial charge in [0.15, 0.2) is 5.54 Å². The Morgan fingerprint density at radius 3 is 2.79 bits per heavy atom. The van der Waals surface area contributed by atoms with E-state index < -0.39 is 29.8 Å². The maximum absolute atomic E-state index is 14.6. The molecule has 0 radical (unpaired) electrons. The van der Waals surface area contributed by atoms with Gasteiger partial charge < -0.3 is 15.8 Å². The van der Waals surface area contributed by atoms with Crippen molar-refractivity contribution in [3.8, 4) is 0 Å². The second-order valence-electron chi connectivity index (χ2n) is 7.04. The van der Waals surface area contributed by atoms with E-state index in [0.29, 0.717) is 22.8 Å².